The highest BCUT2D eigenvalue weighted by Crippen LogP contribution is 2.37. The van der Waals surface area contributed by atoms with Crippen molar-refractivity contribution in [1.82, 2.24) is 0 Å². The molecule has 2 aliphatic rings. The minimum Gasteiger partial charge on any atom is -0.482 e. The van der Waals surface area contributed by atoms with Gasteiger partial charge in [-0.3, -0.25) is 9.59 Å². The zero-order valence-electron chi connectivity index (χ0n) is 12.4. The SMILES string of the molecule is Cl.NC1CCCC(C(=O)Nc2cc3c(cc2Cl)NC(=O)CO3)C1. The van der Waals surface area contributed by atoms with Crippen molar-refractivity contribution in [2.24, 2.45) is 11.7 Å². The number of nitrogens with two attached hydrogens (primary N) is 1. The average Bonchev–Trinajstić information content (AvgIpc) is 2.48. The lowest BCUT2D eigenvalue weighted by Gasteiger charge is -2.26. The van der Waals surface area contributed by atoms with Crippen molar-refractivity contribution >= 4 is 47.2 Å². The predicted octanol–water partition coefficient (Wildman–Crippen LogP) is 2.55. The third-order valence-electron chi connectivity index (χ3n) is 4.05. The van der Waals surface area contributed by atoms with Crippen LogP contribution < -0.4 is 21.1 Å². The third kappa shape index (κ3) is 4.07. The molecule has 2 atom stereocenters. The molecule has 23 heavy (non-hydrogen) atoms. The van der Waals surface area contributed by atoms with E-state index in [0.717, 1.165) is 19.3 Å². The van der Waals surface area contributed by atoms with E-state index in [2.05, 4.69) is 10.6 Å². The molecule has 0 radical (unpaired) electrons. The van der Waals surface area contributed by atoms with Crippen LogP contribution in [0.3, 0.4) is 0 Å². The highest BCUT2D eigenvalue weighted by Gasteiger charge is 2.26. The van der Waals surface area contributed by atoms with Crippen molar-refractivity contribution in [2.45, 2.75) is 31.7 Å². The van der Waals surface area contributed by atoms with E-state index in [1.165, 1.54) is 0 Å². The number of hydrogen-bond acceptors (Lipinski definition) is 4. The normalized spacial score (nSPS) is 23.0. The van der Waals surface area contributed by atoms with Crippen LogP contribution in [0.4, 0.5) is 11.4 Å². The Hall–Kier alpha value is -1.50. The molecule has 0 saturated heterocycles. The van der Waals surface area contributed by atoms with E-state index in [1.54, 1.807) is 12.1 Å². The summed E-state index contributed by atoms with van der Waals surface area (Å²) in [6.07, 6.45) is 3.47. The van der Waals surface area contributed by atoms with E-state index in [4.69, 9.17) is 22.1 Å². The lowest BCUT2D eigenvalue weighted by Crippen LogP contribution is -2.34. The summed E-state index contributed by atoms with van der Waals surface area (Å²) in [5.41, 5.74) is 6.92. The molecule has 0 bridgehead atoms. The summed E-state index contributed by atoms with van der Waals surface area (Å²) in [6, 6.07) is 3.30. The van der Waals surface area contributed by atoms with Gasteiger partial charge in [-0.2, -0.15) is 0 Å². The number of nitrogens with one attached hydrogen (secondary N) is 2. The van der Waals surface area contributed by atoms with Crippen LogP contribution in [0.5, 0.6) is 5.75 Å². The minimum absolute atomic E-state index is 0. The number of halogens is 2. The number of carbonyl (C=O) groups excluding carboxylic acids is 2. The second-order valence-electron chi connectivity index (χ2n) is 5.78. The Balaban J connectivity index is 0.00000192. The van der Waals surface area contributed by atoms with Crippen molar-refractivity contribution in [1.29, 1.82) is 0 Å². The smallest absolute Gasteiger partial charge is 0.262 e. The van der Waals surface area contributed by atoms with Gasteiger partial charge in [0.15, 0.2) is 6.61 Å². The number of fused-ring (bicyclic) bond motifs is 1. The summed E-state index contributed by atoms with van der Waals surface area (Å²) >= 11 is 6.17. The Labute approximate surface area is 145 Å². The van der Waals surface area contributed by atoms with Gasteiger partial charge in [-0.25, -0.2) is 0 Å². The maximum Gasteiger partial charge on any atom is 0.262 e. The maximum absolute atomic E-state index is 12.3. The van der Waals surface area contributed by atoms with Crippen LogP contribution >= 0.6 is 24.0 Å². The fraction of sp³-hybridized carbons (Fsp3) is 0.467. The Morgan fingerprint density at radius 1 is 1.39 bits per heavy atom. The Kier molecular flexibility index (Phi) is 5.73. The van der Waals surface area contributed by atoms with E-state index in [-0.39, 0.29) is 42.8 Å². The summed E-state index contributed by atoms with van der Waals surface area (Å²) in [6.45, 7) is -0.0422. The van der Waals surface area contributed by atoms with Gasteiger partial charge < -0.3 is 21.1 Å². The van der Waals surface area contributed by atoms with Crippen LogP contribution in [-0.2, 0) is 9.59 Å². The first kappa shape index (κ1) is 17.8. The van der Waals surface area contributed by atoms with Gasteiger partial charge >= 0.3 is 0 Å². The van der Waals surface area contributed by atoms with Gasteiger partial charge in [0.1, 0.15) is 5.75 Å². The zero-order chi connectivity index (χ0) is 15.7. The predicted molar refractivity (Wildman–Crippen MR) is 91.4 cm³/mol. The van der Waals surface area contributed by atoms with Crippen molar-refractivity contribution in [3.05, 3.63) is 17.2 Å². The van der Waals surface area contributed by atoms with Crippen LogP contribution in [0.2, 0.25) is 5.02 Å². The van der Waals surface area contributed by atoms with Gasteiger partial charge in [-0.1, -0.05) is 18.0 Å². The molecule has 0 spiro atoms. The van der Waals surface area contributed by atoms with Gasteiger partial charge in [-0.05, 0) is 25.3 Å². The van der Waals surface area contributed by atoms with Crippen molar-refractivity contribution in [2.75, 3.05) is 17.2 Å². The number of benzene rings is 1. The second-order valence-corrected chi connectivity index (χ2v) is 6.19. The molecule has 3 rings (SSSR count). The topological polar surface area (TPSA) is 93.5 Å². The molecule has 126 valence electrons. The maximum atomic E-state index is 12.3. The number of ether oxygens (including phenoxy) is 1. The zero-order valence-corrected chi connectivity index (χ0v) is 14.0. The average molecular weight is 360 g/mol. The van der Waals surface area contributed by atoms with Crippen molar-refractivity contribution < 1.29 is 14.3 Å². The lowest BCUT2D eigenvalue weighted by molar-refractivity contribution is -0.121. The standard InChI is InChI=1S/C15H18ClN3O3.ClH/c16-10-5-12-13(22-7-14(20)18-12)6-11(10)19-15(21)8-2-1-3-9(17)4-8;/h5-6,8-9H,1-4,7,17H2,(H,18,20)(H,19,21);1H. The monoisotopic (exact) mass is 359 g/mol. The molecular formula is C15H19Cl2N3O3. The number of anilines is 2. The van der Waals surface area contributed by atoms with E-state index in [1.807, 2.05) is 0 Å². The largest absolute Gasteiger partial charge is 0.482 e. The molecule has 4 N–H and O–H groups in total. The number of carbonyl (C=O) groups is 2. The van der Waals surface area contributed by atoms with Crippen molar-refractivity contribution in [3.63, 3.8) is 0 Å². The molecule has 1 aromatic rings. The molecule has 2 amide bonds. The first-order valence-corrected chi connectivity index (χ1v) is 7.73. The quantitative estimate of drug-likeness (QED) is 0.756. The molecule has 6 nitrogen and oxygen atoms in total. The molecule has 1 fully saturated rings. The molecular weight excluding hydrogens is 341 g/mol. The molecule has 0 aromatic heterocycles. The lowest BCUT2D eigenvalue weighted by atomic mass is 9.85. The van der Waals surface area contributed by atoms with E-state index in [9.17, 15) is 9.59 Å². The highest BCUT2D eigenvalue weighted by atomic mass is 35.5. The van der Waals surface area contributed by atoms with Gasteiger partial charge in [0.2, 0.25) is 5.91 Å². The molecule has 2 unspecified atom stereocenters. The molecule has 1 saturated carbocycles. The molecule has 8 heteroatoms. The molecule has 1 heterocycles. The summed E-state index contributed by atoms with van der Waals surface area (Å²) in [4.78, 5) is 23.6. The van der Waals surface area contributed by atoms with Crippen LogP contribution in [0.1, 0.15) is 25.7 Å². The van der Waals surface area contributed by atoms with E-state index < -0.39 is 0 Å². The molecule has 1 aliphatic carbocycles. The third-order valence-corrected chi connectivity index (χ3v) is 4.36. The summed E-state index contributed by atoms with van der Waals surface area (Å²) in [5.74, 6) is 0.115. The van der Waals surface area contributed by atoms with Gasteiger partial charge in [0.05, 0.1) is 16.4 Å². The first-order valence-electron chi connectivity index (χ1n) is 7.35. The Morgan fingerprint density at radius 2 is 2.17 bits per heavy atom. The second kappa shape index (κ2) is 7.38. The van der Waals surface area contributed by atoms with Crippen LogP contribution in [0.15, 0.2) is 12.1 Å². The summed E-state index contributed by atoms with van der Waals surface area (Å²) in [5, 5.41) is 5.87. The van der Waals surface area contributed by atoms with Gasteiger partial charge in [0, 0.05) is 18.0 Å². The number of amides is 2. The van der Waals surface area contributed by atoms with Gasteiger partial charge in [-0.15, -0.1) is 12.4 Å². The fourth-order valence-electron chi connectivity index (χ4n) is 2.90. The highest BCUT2D eigenvalue weighted by molar-refractivity contribution is 6.34. The van der Waals surface area contributed by atoms with Crippen LogP contribution in [0.25, 0.3) is 0 Å². The number of rotatable bonds is 2. The molecule has 1 aromatic carbocycles. The Bertz CT molecular complexity index is 624. The molecule has 1 aliphatic heterocycles. The van der Waals surface area contributed by atoms with Gasteiger partial charge in [0.25, 0.3) is 5.91 Å². The van der Waals surface area contributed by atoms with Crippen molar-refractivity contribution in [3.8, 4) is 5.75 Å². The van der Waals surface area contributed by atoms with E-state index in [0.29, 0.717) is 28.6 Å². The minimum atomic E-state index is -0.225. The number of hydrogen-bond donors (Lipinski definition) is 3. The fourth-order valence-corrected chi connectivity index (χ4v) is 3.11. The Morgan fingerprint density at radius 3 is 2.91 bits per heavy atom. The summed E-state index contributed by atoms with van der Waals surface area (Å²) in [7, 11) is 0. The first-order chi connectivity index (χ1) is 10.5. The van der Waals surface area contributed by atoms with E-state index >= 15 is 0 Å². The van der Waals surface area contributed by atoms with Crippen LogP contribution in [0, 0.1) is 5.92 Å². The summed E-state index contributed by atoms with van der Waals surface area (Å²) < 4.78 is 5.33. The van der Waals surface area contributed by atoms with Crippen LogP contribution in [-0.4, -0.2) is 24.5 Å².